The number of benzene rings is 2. The summed E-state index contributed by atoms with van der Waals surface area (Å²) in [5.41, 5.74) is 4.25. The van der Waals surface area contributed by atoms with Gasteiger partial charge in [0.05, 0.1) is 0 Å². The van der Waals surface area contributed by atoms with Gasteiger partial charge in [-0.15, -0.1) is 0 Å². The first-order valence-corrected chi connectivity index (χ1v) is 9.32. The van der Waals surface area contributed by atoms with Crippen LogP contribution in [0.25, 0.3) is 11.5 Å². The van der Waals surface area contributed by atoms with Gasteiger partial charge in [0, 0.05) is 18.0 Å². The first-order valence-electron chi connectivity index (χ1n) is 9.32. The van der Waals surface area contributed by atoms with Crippen LogP contribution in [0.15, 0.2) is 47.0 Å². The van der Waals surface area contributed by atoms with Gasteiger partial charge in [-0.05, 0) is 49.2 Å². The van der Waals surface area contributed by atoms with Crippen molar-refractivity contribution in [1.82, 2.24) is 15.5 Å². The molecule has 6 heteroatoms. The Hall–Kier alpha value is -3.15. The van der Waals surface area contributed by atoms with Crippen LogP contribution in [0.3, 0.4) is 0 Å². The highest BCUT2D eigenvalue weighted by molar-refractivity contribution is 5.77. The van der Waals surface area contributed by atoms with E-state index >= 15 is 0 Å². The molecule has 1 heterocycles. The maximum Gasteiger partial charge on any atom is 0.258 e. The highest BCUT2D eigenvalue weighted by atomic mass is 16.5. The Morgan fingerprint density at radius 1 is 1.14 bits per heavy atom. The van der Waals surface area contributed by atoms with Gasteiger partial charge in [-0.1, -0.05) is 42.8 Å². The van der Waals surface area contributed by atoms with E-state index < -0.39 is 0 Å². The Morgan fingerprint density at radius 2 is 1.89 bits per heavy atom. The van der Waals surface area contributed by atoms with E-state index in [4.69, 9.17) is 9.26 Å². The van der Waals surface area contributed by atoms with E-state index in [1.807, 2.05) is 39.8 Å². The van der Waals surface area contributed by atoms with Crippen LogP contribution in [0.5, 0.6) is 5.75 Å². The van der Waals surface area contributed by atoms with Crippen LogP contribution in [0.4, 0.5) is 0 Å². The van der Waals surface area contributed by atoms with E-state index in [1.165, 1.54) is 5.56 Å². The lowest BCUT2D eigenvalue weighted by atomic mass is 10.1. The molecule has 0 spiro atoms. The predicted octanol–water partition coefficient (Wildman–Crippen LogP) is 4.17. The summed E-state index contributed by atoms with van der Waals surface area (Å²) in [7, 11) is 0. The normalized spacial score (nSPS) is 10.9. The van der Waals surface area contributed by atoms with Crippen LogP contribution >= 0.6 is 0 Å². The number of hydrogen-bond acceptors (Lipinski definition) is 5. The summed E-state index contributed by atoms with van der Waals surface area (Å²) >= 11 is 0. The molecule has 0 bridgehead atoms. The van der Waals surface area contributed by atoms with Crippen LogP contribution in [0, 0.1) is 13.8 Å². The summed E-state index contributed by atoms with van der Waals surface area (Å²) < 4.78 is 10.8. The fourth-order valence-electron chi connectivity index (χ4n) is 2.66. The molecular formula is C22H25N3O3. The van der Waals surface area contributed by atoms with E-state index in [0.717, 1.165) is 16.7 Å². The fourth-order valence-corrected chi connectivity index (χ4v) is 2.66. The molecule has 0 radical (unpaired) electrons. The molecule has 0 atom stereocenters. The molecule has 0 fully saturated rings. The van der Waals surface area contributed by atoms with E-state index in [9.17, 15) is 4.79 Å². The van der Waals surface area contributed by atoms with Crippen molar-refractivity contribution in [3.8, 4) is 17.2 Å². The number of carbonyl (C=O) groups is 1. The van der Waals surface area contributed by atoms with Gasteiger partial charge >= 0.3 is 0 Å². The van der Waals surface area contributed by atoms with Crippen molar-refractivity contribution in [2.75, 3.05) is 6.61 Å². The van der Waals surface area contributed by atoms with Crippen LogP contribution in [0.2, 0.25) is 0 Å². The summed E-state index contributed by atoms with van der Waals surface area (Å²) in [6, 6.07) is 13.4. The quantitative estimate of drug-likeness (QED) is 0.667. The van der Waals surface area contributed by atoms with Crippen molar-refractivity contribution >= 4 is 5.91 Å². The number of nitrogens with zero attached hydrogens (tertiary/aromatic N) is 2. The molecule has 0 saturated heterocycles. The SMILES string of the molecule is Cc1ccc(C)c(CNC(=O)COc2ccc(-c3nc(C(C)C)no3)cc2)c1. The topological polar surface area (TPSA) is 77.2 Å². The first kappa shape index (κ1) is 19.6. The van der Waals surface area contributed by atoms with Gasteiger partial charge < -0.3 is 14.6 Å². The molecule has 2 aromatic carbocycles. The average Bonchev–Trinajstić information content (AvgIpc) is 3.18. The molecule has 1 aromatic heterocycles. The van der Waals surface area contributed by atoms with Crippen molar-refractivity contribution < 1.29 is 14.1 Å². The summed E-state index contributed by atoms with van der Waals surface area (Å²) in [5, 5.41) is 6.85. The third-order valence-corrected chi connectivity index (χ3v) is 4.41. The van der Waals surface area contributed by atoms with E-state index in [2.05, 4.69) is 33.7 Å². The van der Waals surface area contributed by atoms with Crippen molar-refractivity contribution in [2.24, 2.45) is 0 Å². The van der Waals surface area contributed by atoms with Crippen molar-refractivity contribution in [1.29, 1.82) is 0 Å². The lowest BCUT2D eigenvalue weighted by Crippen LogP contribution is -2.28. The van der Waals surface area contributed by atoms with Crippen LogP contribution < -0.4 is 10.1 Å². The third kappa shape index (κ3) is 4.97. The second-order valence-corrected chi connectivity index (χ2v) is 7.13. The number of aryl methyl sites for hydroxylation is 2. The zero-order valence-corrected chi connectivity index (χ0v) is 16.7. The zero-order valence-electron chi connectivity index (χ0n) is 16.7. The highest BCUT2D eigenvalue weighted by Gasteiger charge is 2.11. The minimum atomic E-state index is -0.163. The minimum Gasteiger partial charge on any atom is -0.484 e. The second-order valence-electron chi connectivity index (χ2n) is 7.13. The summed E-state index contributed by atoms with van der Waals surface area (Å²) in [4.78, 5) is 16.4. The van der Waals surface area contributed by atoms with Crippen molar-refractivity contribution in [3.05, 3.63) is 65.0 Å². The minimum absolute atomic E-state index is 0.0394. The van der Waals surface area contributed by atoms with Gasteiger partial charge in [-0.2, -0.15) is 4.98 Å². The maximum absolute atomic E-state index is 12.1. The number of ether oxygens (including phenoxy) is 1. The Labute approximate surface area is 164 Å². The Balaban J connectivity index is 1.51. The monoisotopic (exact) mass is 379 g/mol. The molecule has 0 aliphatic rings. The molecule has 28 heavy (non-hydrogen) atoms. The standard InChI is InChI=1S/C22H25N3O3/c1-14(2)21-24-22(28-25-21)17-7-9-19(10-8-17)27-13-20(26)23-12-18-11-15(3)5-6-16(18)4/h5-11,14H,12-13H2,1-4H3,(H,23,26). The van der Waals surface area contributed by atoms with Gasteiger partial charge in [0.2, 0.25) is 0 Å². The number of amides is 1. The molecule has 146 valence electrons. The molecule has 3 rings (SSSR count). The van der Waals surface area contributed by atoms with Gasteiger partial charge in [0.25, 0.3) is 11.8 Å². The Bertz CT molecular complexity index is 946. The smallest absolute Gasteiger partial charge is 0.258 e. The average molecular weight is 379 g/mol. The molecule has 1 amide bonds. The van der Waals surface area contributed by atoms with Gasteiger partial charge in [0.1, 0.15) is 5.75 Å². The molecule has 6 nitrogen and oxygen atoms in total. The fraction of sp³-hybridized carbons (Fsp3) is 0.318. The predicted molar refractivity (Wildman–Crippen MR) is 107 cm³/mol. The number of hydrogen-bond donors (Lipinski definition) is 1. The maximum atomic E-state index is 12.1. The van der Waals surface area contributed by atoms with Crippen LogP contribution in [0.1, 0.15) is 42.3 Å². The highest BCUT2D eigenvalue weighted by Crippen LogP contribution is 2.22. The molecule has 0 saturated carbocycles. The second kappa shape index (κ2) is 8.69. The third-order valence-electron chi connectivity index (χ3n) is 4.41. The molecule has 0 unspecified atom stereocenters. The van der Waals surface area contributed by atoms with Crippen LogP contribution in [-0.2, 0) is 11.3 Å². The summed E-state index contributed by atoms with van der Waals surface area (Å²) in [6.07, 6.45) is 0. The van der Waals surface area contributed by atoms with Gasteiger partial charge in [-0.25, -0.2) is 0 Å². The number of carbonyl (C=O) groups excluding carboxylic acids is 1. The number of nitrogens with one attached hydrogen (secondary N) is 1. The molecule has 3 aromatic rings. The van der Waals surface area contributed by atoms with Gasteiger partial charge in [-0.3, -0.25) is 4.79 Å². The lowest BCUT2D eigenvalue weighted by Gasteiger charge is -2.10. The van der Waals surface area contributed by atoms with Gasteiger partial charge in [0.15, 0.2) is 12.4 Å². The zero-order chi connectivity index (χ0) is 20.1. The molecule has 0 aliphatic carbocycles. The first-order chi connectivity index (χ1) is 13.4. The summed E-state index contributed by atoms with van der Waals surface area (Å²) in [6.45, 7) is 8.54. The summed E-state index contributed by atoms with van der Waals surface area (Å²) in [5.74, 6) is 1.80. The molecular weight excluding hydrogens is 354 g/mol. The lowest BCUT2D eigenvalue weighted by molar-refractivity contribution is -0.123. The molecule has 0 aliphatic heterocycles. The van der Waals surface area contributed by atoms with Crippen LogP contribution in [-0.4, -0.2) is 22.7 Å². The van der Waals surface area contributed by atoms with Crippen molar-refractivity contribution in [3.63, 3.8) is 0 Å². The Morgan fingerprint density at radius 3 is 2.57 bits per heavy atom. The van der Waals surface area contributed by atoms with E-state index in [1.54, 1.807) is 12.1 Å². The Kier molecular flexibility index (Phi) is 6.09. The largest absolute Gasteiger partial charge is 0.484 e. The molecule has 1 N–H and O–H groups in total. The van der Waals surface area contributed by atoms with E-state index in [0.29, 0.717) is 24.0 Å². The number of aromatic nitrogens is 2. The van der Waals surface area contributed by atoms with Crippen molar-refractivity contribution in [2.45, 2.75) is 40.2 Å². The number of rotatable bonds is 7. The van der Waals surface area contributed by atoms with E-state index in [-0.39, 0.29) is 18.4 Å².